The standard InChI is InChI=1S/C13H22NO2P/c1-11(7-8-14-17-2)12-5-3-4-6-13(12)16-10-9-15/h3-6,11,14-15,17H,7-10H2,1-2H3. The number of hydrogen-bond donors (Lipinski definition) is 2. The maximum absolute atomic E-state index is 8.80. The van der Waals surface area contributed by atoms with Gasteiger partial charge in [0.2, 0.25) is 0 Å². The lowest BCUT2D eigenvalue weighted by molar-refractivity contribution is 0.199. The van der Waals surface area contributed by atoms with Crippen LogP contribution in [0, 0.1) is 0 Å². The molecule has 2 atom stereocenters. The van der Waals surface area contributed by atoms with E-state index in [-0.39, 0.29) is 6.61 Å². The number of para-hydroxylation sites is 1. The summed E-state index contributed by atoms with van der Waals surface area (Å²) in [5.74, 6) is 1.36. The Hall–Kier alpha value is -0.630. The molecule has 2 unspecified atom stereocenters. The average molecular weight is 255 g/mol. The fourth-order valence-corrected chi connectivity index (χ4v) is 2.14. The van der Waals surface area contributed by atoms with Crippen LogP contribution in [0.2, 0.25) is 0 Å². The quantitative estimate of drug-likeness (QED) is 0.553. The Balaban J connectivity index is 2.60. The van der Waals surface area contributed by atoms with Gasteiger partial charge >= 0.3 is 0 Å². The van der Waals surface area contributed by atoms with Gasteiger partial charge in [0.05, 0.1) is 6.61 Å². The van der Waals surface area contributed by atoms with E-state index in [9.17, 15) is 0 Å². The Morgan fingerprint density at radius 3 is 2.88 bits per heavy atom. The average Bonchev–Trinajstić information content (AvgIpc) is 2.37. The Bertz CT molecular complexity index is 320. The lowest BCUT2D eigenvalue weighted by Gasteiger charge is -2.16. The highest BCUT2D eigenvalue weighted by Gasteiger charge is 2.10. The second kappa shape index (κ2) is 8.46. The van der Waals surface area contributed by atoms with Gasteiger partial charge < -0.3 is 9.84 Å². The molecule has 0 saturated carbocycles. The van der Waals surface area contributed by atoms with E-state index in [1.54, 1.807) is 0 Å². The van der Waals surface area contributed by atoms with Gasteiger partial charge in [0, 0.05) is 0 Å². The van der Waals surface area contributed by atoms with Crippen molar-refractivity contribution in [1.82, 2.24) is 5.09 Å². The summed E-state index contributed by atoms with van der Waals surface area (Å²) in [6.07, 6.45) is 1.10. The number of nitrogens with one attached hydrogen (secondary N) is 1. The smallest absolute Gasteiger partial charge is 0.122 e. The maximum atomic E-state index is 8.80. The summed E-state index contributed by atoms with van der Waals surface area (Å²) in [5, 5.41) is 12.2. The lowest BCUT2D eigenvalue weighted by atomic mass is 9.97. The zero-order valence-corrected chi connectivity index (χ0v) is 11.6. The highest BCUT2D eigenvalue weighted by Crippen LogP contribution is 2.28. The zero-order valence-electron chi connectivity index (χ0n) is 10.6. The predicted octanol–water partition coefficient (Wildman–Crippen LogP) is 2.36. The maximum Gasteiger partial charge on any atom is 0.122 e. The summed E-state index contributed by atoms with van der Waals surface area (Å²) >= 11 is 0. The van der Waals surface area contributed by atoms with Crippen molar-refractivity contribution < 1.29 is 9.84 Å². The summed E-state index contributed by atoms with van der Waals surface area (Å²) in [4.78, 5) is 0. The first-order chi connectivity index (χ1) is 8.29. The van der Waals surface area contributed by atoms with Gasteiger partial charge in [-0.05, 0) is 37.2 Å². The molecule has 0 saturated heterocycles. The van der Waals surface area contributed by atoms with Crippen molar-refractivity contribution in [2.24, 2.45) is 0 Å². The third-order valence-electron chi connectivity index (χ3n) is 2.68. The molecule has 1 aromatic rings. The third-order valence-corrected chi connectivity index (χ3v) is 3.28. The molecule has 0 aliphatic carbocycles. The third kappa shape index (κ3) is 5.03. The van der Waals surface area contributed by atoms with Crippen LogP contribution in [0.15, 0.2) is 24.3 Å². The highest BCUT2D eigenvalue weighted by atomic mass is 31.1. The molecule has 1 rings (SSSR count). The van der Waals surface area contributed by atoms with Gasteiger partial charge in [-0.2, -0.15) is 0 Å². The van der Waals surface area contributed by atoms with E-state index < -0.39 is 0 Å². The minimum Gasteiger partial charge on any atom is -0.491 e. The van der Waals surface area contributed by atoms with E-state index in [2.05, 4.69) is 24.7 Å². The van der Waals surface area contributed by atoms with Gasteiger partial charge in [-0.1, -0.05) is 33.9 Å². The molecule has 0 fully saturated rings. The van der Waals surface area contributed by atoms with Crippen molar-refractivity contribution in [2.45, 2.75) is 19.3 Å². The van der Waals surface area contributed by atoms with Gasteiger partial charge in [-0.25, -0.2) is 0 Å². The van der Waals surface area contributed by atoms with Crippen molar-refractivity contribution in [3.63, 3.8) is 0 Å². The SMILES string of the molecule is CPNCCC(C)c1ccccc1OCCO. The molecule has 1 aromatic carbocycles. The molecule has 0 spiro atoms. The van der Waals surface area contributed by atoms with Gasteiger partial charge in [-0.15, -0.1) is 0 Å². The molecule has 17 heavy (non-hydrogen) atoms. The molecule has 0 heterocycles. The summed E-state index contributed by atoms with van der Waals surface area (Å²) in [5.41, 5.74) is 1.22. The van der Waals surface area contributed by atoms with Crippen molar-refractivity contribution in [3.8, 4) is 5.75 Å². The minimum atomic E-state index is 0.0568. The van der Waals surface area contributed by atoms with Crippen molar-refractivity contribution >= 4 is 8.73 Å². The van der Waals surface area contributed by atoms with Gasteiger partial charge in [0.15, 0.2) is 0 Å². The van der Waals surface area contributed by atoms with E-state index in [0.29, 0.717) is 12.5 Å². The number of rotatable bonds is 8. The van der Waals surface area contributed by atoms with Crippen LogP contribution in [-0.2, 0) is 0 Å². The second-order valence-electron chi connectivity index (χ2n) is 3.98. The molecule has 0 aliphatic heterocycles. The lowest BCUT2D eigenvalue weighted by Crippen LogP contribution is -2.09. The van der Waals surface area contributed by atoms with Crippen molar-refractivity contribution in [3.05, 3.63) is 29.8 Å². The van der Waals surface area contributed by atoms with Crippen molar-refractivity contribution in [1.29, 1.82) is 0 Å². The van der Waals surface area contributed by atoms with Crippen molar-refractivity contribution in [2.75, 3.05) is 26.4 Å². The van der Waals surface area contributed by atoms with Crippen LogP contribution in [0.1, 0.15) is 24.8 Å². The second-order valence-corrected chi connectivity index (χ2v) is 4.83. The van der Waals surface area contributed by atoms with Crippen LogP contribution in [-0.4, -0.2) is 31.5 Å². The first-order valence-electron chi connectivity index (χ1n) is 6.01. The Kier molecular flexibility index (Phi) is 7.18. The van der Waals surface area contributed by atoms with Crippen LogP contribution < -0.4 is 9.82 Å². The highest BCUT2D eigenvalue weighted by molar-refractivity contribution is 7.34. The molecular weight excluding hydrogens is 233 g/mol. The Morgan fingerprint density at radius 1 is 1.41 bits per heavy atom. The zero-order chi connectivity index (χ0) is 12.5. The van der Waals surface area contributed by atoms with Crippen LogP contribution in [0.25, 0.3) is 0 Å². The normalized spacial score (nSPS) is 13.1. The number of hydrogen-bond acceptors (Lipinski definition) is 3. The number of aliphatic hydroxyl groups is 1. The van der Waals surface area contributed by atoms with Gasteiger partial charge in [0.25, 0.3) is 0 Å². The summed E-state index contributed by atoms with van der Waals surface area (Å²) in [6, 6.07) is 8.07. The predicted molar refractivity (Wildman–Crippen MR) is 74.3 cm³/mol. The first-order valence-corrected chi connectivity index (χ1v) is 7.51. The Morgan fingerprint density at radius 2 is 2.18 bits per heavy atom. The van der Waals surface area contributed by atoms with Crippen LogP contribution in [0.4, 0.5) is 0 Å². The minimum absolute atomic E-state index is 0.0568. The molecular formula is C13H22NO2P. The molecule has 2 N–H and O–H groups in total. The topological polar surface area (TPSA) is 41.5 Å². The van der Waals surface area contributed by atoms with E-state index in [4.69, 9.17) is 9.84 Å². The largest absolute Gasteiger partial charge is 0.491 e. The van der Waals surface area contributed by atoms with E-state index in [1.807, 2.05) is 18.2 Å². The molecule has 0 aromatic heterocycles. The number of benzene rings is 1. The summed E-state index contributed by atoms with van der Waals surface area (Å²) in [6.45, 7) is 5.80. The summed E-state index contributed by atoms with van der Waals surface area (Å²) in [7, 11) is 0.798. The van der Waals surface area contributed by atoms with Crippen LogP contribution in [0.5, 0.6) is 5.75 Å². The molecule has 0 bridgehead atoms. The molecule has 96 valence electrons. The monoisotopic (exact) mass is 255 g/mol. The molecule has 0 amide bonds. The number of ether oxygens (including phenoxy) is 1. The van der Waals surface area contributed by atoms with Gasteiger partial charge in [0.1, 0.15) is 12.4 Å². The molecule has 4 heteroatoms. The first kappa shape index (κ1) is 14.4. The van der Waals surface area contributed by atoms with Crippen LogP contribution in [0.3, 0.4) is 0 Å². The fourth-order valence-electron chi connectivity index (χ4n) is 1.74. The summed E-state index contributed by atoms with van der Waals surface area (Å²) < 4.78 is 5.55. The van der Waals surface area contributed by atoms with E-state index >= 15 is 0 Å². The van der Waals surface area contributed by atoms with Crippen LogP contribution >= 0.6 is 8.73 Å². The Labute approximate surface area is 105 Å². The molecule has 0 aliphatic rings. The molecule has 3 nitrogen and oxygen atoms in total. The van der Waals surface area contributed by atoms with E-state index in [1.165, 1.54) is 5.56 Å². The number of aliphatic hydroxyl groups excluding tert-OH is 1. The molecule has 0 radical (unpaired) electrons. The fraction of sp³-hybridized carbons (Fsp3) is 0.538. The van der Waals surface area contributed by atoms with E-state index in [0.717, 1.165) is 27.4 Å². The van der Waals surface area contributed by atoms with Gasteiger partial charge in [-0.3, -0.25) is 5.09 Å².